The van der Waals surface area contributed by atoms with Crippen molar-refractivity contribution in [3.8, 4) is 5.75 Å². The van der Waals surface area contributed by atoms with Crippen LogP contribution >= 0.6 is 0 Å². The maximum atomic E-state index is 12.2. The molecule has 0 spiro atoms. The molecule has 0 atom stereocenters. The van der Waals surface area contributed by atoms with E-state index in [0.717, 1.165) is 11.6 Å². The number of hydrogen-bond donors (Lipinski definition) is 2. The van der Waals surface area contributed by atoms with Gasteiger partial charge in [0.25, 0.3) is 0 Å². The molecule has 0 bridgehead atoms. The predicted molar refractivity (Wildman–Crippen MR) is 95.8 cm³/mol. The van der Waals surface area contributed by atoms with Gasteiger partial charge in [0.1, 0.15) is 12.4 Å². The Morgan fingerprint density at radius 1 is 1.15 bits per heavy atom. The highest BCUT2D eigenvalue weighted by Gasteiger charge is 2.31. The molecule has 0 saturated carbocycles. The van der Waals surface area contributed by atoms with E-state index in [4.69, 9.17) is 10.5 Å². The van der Waals surface area contributed by atoms with Crippen molar-refractivity contribution in [2.75, 3.05) is 12.3 Å². The van der Waals surface area contributed by atoms with E-state index < -0.39 is 12.5 Å². The molecule has 0 aliphatic carbocycles. The molecule has 2 aromatic carbocycles. The number of carbonyl (C=O) groups excluding carboxylic acids is 1. The number of hydrogen-bond acceptors (Lipinski definition) is 4. The third kappa shape index (κ3) is 7.72. The van der Waals surface area contributed by atoms with Crippen molar-refractivity contribution in [3.63, 3.8) is 0 Å². The van der Waals surface area contributed by atoms with Crippen molar-refractivity contribution in [2.24, 2.45) is 0 Å². The summed E-state index contributed by atoms with van der Waals surface area (Å²) in [4.78, 5) is 11.6. The summed E-state index contributed by atoms with van der Waals surface area (Å²) < 4.78 is 45.3. The highest BCUT2D eigenvalue weighted by Crippen LogP contribution is 2.26. The zero-order valence-electron chi connectivity index (χ0n) is 14.3. The smallest absolute Gasteiger partial charge is 0.445 e. The molecule has 0 saturated heterocycles. The summed E-state index contributed by atoms with van der Waals surface area (Å²) in [6, 6.07) is 13.0. The molecule has 27 heavy (non-hydrogen) atoms. The molecular formula is C19H19F3N2O3. The lowest BCUT2D eigenvalue weighted by atomic mass is 10.1. The molecular weight excluding hydrogens is 361 g/mol. The van der Waals surface area contributed by atoms with Crippen molar-refractivity contribution in [2.45, 2.75) is 19.4 Å². The van der Waals surface area contributed by atoms with Gasteiger partial charge in [-0.1, -0.05) is 42.5 Å². The zero-order chi connectivity index (χ0) is 19.7. The number of alkyl carbamates (subject to hydrolysis) is 1. The summed E-state index contributed by atoms with van der Waals surface area (Å²) in [5.41, 5.74) is 7.31. The Hall–Kier alpha value is -3.16. The van der Waals surface area contributed by atoms with Gasteiger partial charge in [-0.2, -0.15) is 0 Å². The normalized spacial score (nSPS) is 11.4. The maximum absolute atomic E-state index is 12.2. The third-order valence-electron chi connectivity index (χ3n) is 3.38. The molecule has 2 rings (SSSR count). The topological polar surface area (TPSA) is 73.6 Å². The van der Waals surface area contributed by atoms with Crippen LogP contribution in [0.3, 0.4) is 0 Å². The predicted octanol–water partition coefficient (Wildman–Crippen LogP) is 4.50. The second-order valence-electron chi connectivity index (χ2n) is 5.52. The van der Waals surface area contributed by atoms with Gasteiger partial charge >= 0.3 is 12.5 Å². The fourth-order valence-electron chi connectivity index (χ4n) is 2.14. The van der Waals surface area contributed by atoms with Gasteiger partial charge in [0.05, 0.1) is 0 Å². The first-order valence-corrected chi connectivity index (χ1v) is 8.10. The first-order valence-electron chi connectivity index (χ1n) is 8.10. The van der Waals surface area contributed by atoms with Gasteiger partial charge in [0.2, 0.25) is 0 Å². The Bertz CT molecular complexity index is 778. The standard InChI is InChI=1S/C19H19F3N2O3/c20-19(21,22)27-16-10-9-15(17(23)12-16)8-4-5-11-24-18(25)26-13-14-6-2-1-3-7-14/h1-4,6-10,12H,5,11,13,23H2,(H,24,25). The van der Waals surface area contributed by atoms with E-state index in [1.807, 2.05) is 30.3 Å². The Morgan fingerprint density at radius 3 is 2.56 bits per heavy atom. The van der Waals surface area contributed by atoms with E-state index in [1.54, 1.807) is 12.2 Å². The first kappa shape index (κ1) is 20.2. The number of nitrogens with one attached hydrogen (secondary N) is 1. The molecule has 0 fully saturated rings. The van der Waals surface area contributed by atoms with E-state index in [0.29, 0.717) is 18.5 Å². The minimum absolute atomic E-state index is 0.156. The number of amides is 1. The van der Waals surface area contributed by atoms with Crippen molar-refractivity contribution in [1.29, 1.82) is 0 Å². The van der Waals surface area contributed by atoms with Crippen molar-refractivity contribution >= 4 is 17.9 Å². The lowest BCUT2D eigenvalue weighted by Gasteiger charge is -2.10. The van der Waals surface area contributed by atoms with Crippen LogP contribution in [0.15, 0.2) is 54.6 Å². The van der Waals surface area contributed by atoms with Crippen LogP contribution in [0.2, 0.25) is 0 Å². The van der Waals surface area contributed by atoms with Gasteiger partial charge in [0, 0.05) is 18.3 Å². The number of nitrogen functional groups attached to an aromatic ring is 1. The van der Waals surface area contributed by atoms with Crippen LogP contribution in [0.25, 0.3) is 6.08 Å². The Labute approximate surface area is 154 Å². The summed E-state index contributed by atoms with van der Waals surface area (Å²) in [7, 11) is 0. The lowest BCUT2D eigenvalue weighted by Crippen LogP contribution is -2.24. The largest absolute Gasteiger partial charge is 0.573 e. The molecule has 3 N–H and O–H groups in total. The second kappa shape index (κ2) is 9.51. The zero-order valence-corrected chi connectivity index (χ0v) is 14.3. The van der Waals surface area contributed by atoms with Crippen LogP contribution in [0, 0.1) is 0 Å². The highest BCUT2D eigenvalue weighted by molar-refractivity contribution is 5.67. The third-order valence-corrected chi connectivity index (χ3v) is 3.38. The number of nitrogens with two attached hydrogens (primary N) is 1. The van der Waals surface area contributed by atoms with Crippen LogP contribution in [0.4, 0.5) is 23.7 Å². The fourth-order valence-corrected chi connectivity index (χ4v) is 2.14. The van der Waals surface area contributed by atoms with Crippen molar-refractivity contribution in [3.05, 3.63) is 65.7 Å². The number of anilines is 1. The van der Waals surface area contributed by atoms with Crippen LogP contribution in [0.5, 0.6) is 5.75 Å². The van der Waals surface area contributed by atoms with Gasteiger partial charge in [-0.05, 0) is 29.7 Å². The summed E-state index contributed by atoms with van der Waals surface area (Å²) in [6.07, 6.45) is -1.39. The quantitative estimate of drug-likeness (QED) is 0.548. The summed E-state index contributed by atoms with van der Waals surface area (Å²) in [5.74, 6) is -0.375. The molecule has 0 heterocycles. The van der Waals surface area contributed by atoms with Gasteiger partial charge in [-0.15, -0.1) is 13.2 Å². The number of alkyl halides is 3. The fraction of sp³-hybridized carbons (Fsp3) is 0.211. The molecule has 0 radical (unpaired) electrons. The number of ether oxygens (including phenoxy) is 2. The van der Waals surface area contributed by atoms with Crippen molar-refractivity contribution < 1.29 is 27.4 Å². The monoisotopic (exact) mass is 380 g/mol. The average Bonchev–Trinajstić information content (AvgIpc) is 2.61. The van der Waals surface area contributed by atoms with Gasteiger partial charge in [-0.25, -0.2) is 4.79 Å². The summed E-state index contributed by atoms with van der Waals surface area (Å²) in [6.45, 7) is 0.532. The maximum Gasteiger partial charge on any atom is 0.573 e. The Morgan fingerprint density at radius 2 is 1.89 bits per heavy atom. The first-order chi connectivity index (χ1) is 12.8. The van der Waals surface area contributed by atoms with E-state index in [1.165, 1.54) is 12.1 Å². The SMILES string of the molecule is Nc1cc(OC(F)(F)F)ccc1C=CCCNC(=O)OCc1ccccc1. The number of carbonyl (C=O) groups is 1. The molecule has 0 unspecified atom stereocenters. The molecule has 0 aliphatic rings. The van der Waals surface area contributed by atoms with Gasteiger partial charge in [-0.3, -0.25) is 0 Å². The minimum Gasteiger partial charge on any atom is -0.445 e. The minimum atomic E-state index is -4.76. The summed E-state index contributed by atoms with van der Waals surface area (Å²) >= 11 is 0. The second-order valence-corrected chi connectivity index (χ2v) is 5.52. The summed E-state index contributed by atoms with van der Waals surface area (Å²) in [5, 5.41) is 2.60. The van der Waals surface area contributed by atoms with Crippen LogP contribution in [-0.4, -0.2) is 19.0 Å². The Kier molecular flexibility index (Phi) is 7.10. The van der Waals surface area contributed by atoms with Crippen LogP contribution < -0.4 is 15.8 Å². The number of rotatable bonds is 7. The number of benzene rings is 2. The lowest BCUT2D eigenvalue weighted by molar-refractivity contribution is -0.274. The average molecular weight is 380 g/mol. The molecule has 0 aromatic heterocycles. The molecule has 0 aliphatic heterocycles. The molecule has 2 aromatic rings. The van der Waals surface area contributed by atoms with E-state index >= 15 is 0 Å². The van der Waals surface area contributed by atoms with Crippen LogP contribution in [0.1, 0.15) is 17.5 Å². The van der Waals surface area contributed by atoms with Crippen molar-refractivity contribution in [1.82, 2.24) is 5.32 Å². The van der Waals surface area contributed by atoms with Gasteiger partial charge < -0.3 is 20.5 Å². The number of halogens is 3. The highest BCUT2D eigenvalue weighted by atomic mass is 19.4. The molecule has 1 amide bonds. The molecule has 144 valence electrons. The molecule has 5 nitrogen and oxygen atoms in total. The van der Waals surface area contributed by atoms with E-state index in [-0.39, 0.29) is 18.0 Å². The van der Waals surface area contributed by atoms with Gasteiger partial charge in [0.15, 0.2) is 0 Å². The van der Waals surface area contributed by atoms with Crippen LogP contribution in [-0.2, 0) is 11.3 Å². The van der Waals surface area contributed by atoms with E-state index in [2.05, 4.69) is 10.1 Å². The molecule has 8 heteroatoms. The van der Waals surface area contributed by atoms with E-state index in [9.17, 15) is 18.0 Å². The Balaban J connectivity index is 1.71.